The largest absolute Gasteiger partial charge is 0.517 e. The lowest BCUT2D eigenvalue weighted by Gasteiger charge is -2.13. The fourth-order valence-corrected chi connectivity index (χ4v) is 2.10. The highest BCUT2D eigenvalue weighted by atomic mass is 16.7. The number of aromatic nitrogens is 2. The first-order valence-electron chi connectivity index (χ1n) is 6.66. The SMILES string of the molecule is COC(=O)OC(=O)n1c(=O)c(=O)n(CCCO)c2ccccc21. The van der Waals surface area contributed by atoms with Crippen LogP contribution >= 0.6 is 0 Å². The second-order valence-corrected chi connectivity index (χ2v) is 4.49. The third-order valence-corrected chi connectivity index (χ3v) is 3.10. The van der Waals surface area contributed by atoms with Gasteiger partial charge in [-0.25, -0.2) is 14.2 Å². The molecule has 0 unspecified atom stereocenters. The van der Waals surface area contributed by atoms with Gasteiger partial charge in [0, 0.05) is 13.2 Å². The van der Waals surface area contributed by atoms with E-state index < -0.39 is 23.4 Å². The number of aliphatic hydroxyl groups excluding tert-OH is 1. The molecule has 9 nitrogen and oxygen atoms in total. The van der Waals surface area contributed by atoms with E-state index in [0.717, 1.165) is 11.7 Å². The van der Waals surface area contributed by atoms with E-state index in [1.165, 1.54) is 12.1 Å². The Kier molecular flexibility index (Phi) is 4.91. The van der Waals surface area contributed by atoms with Crippen LogP contribution in [0.3, 0.4) is 0 Å². The minimum absolute atomic E-state index is 0.101. The summed E-state index contributed by atoms with van der Waals surface area (Å²) in [7, 11) is 1.00. The van der Waals surface area contributed by atoms with Gasteiger partial charge in [-0.15, -0.1) is 0 Å². The van der Waals surface area contributed by atoms with Crippen molar-refractivity contribution in [1.82, 2.24) is 9.13 Å². The smallest absolute Gasteiger partial charge is 0.437 e. The van der Waals surface area contributed by atoms with Crippen LogP contribution in [0.5, 0.6) is 0 Å². The molecule has 0 amide bonds. The summed E-state index contributed by atoms with van der Waals surface area (Å²) >= 11 is 0. The molecule has 0 spiro atoms. The second kappa shape index (κ2) is 6.88. The van der Waals surface area contributed by atoms with E-state index in [4.69, 9.17) is 5.11 Å². The summed E-state index contributed by atoms with van der Waals surface area (Å²) in [5.74, 6) is 0. The number of methoxy groups -OCH3 is 1. The molecule has 9 heteroatoms. The van der Waals surface area contributed by atoms with Gasteiger partial charge in [0.2, 0.25) is 0 Å². The van der Waals surface area contributed by atoms with Gasteiger partial charge >= 0.3 is 23.4 Å². The zero-order valence-electron chi connectivity index (χ0n) is 12.2. The Morgan fingerprint density at radius 3 is 2.39 bits per heavy atom. The van der Waals surface area contributed by atoms with Crippen LogP contribution in [0.2, 0.25) is 0 Å². The van der Waals surface area contributed by atoms with Crippen molar-refractivity contribution in [3.05, 3.63) is 45.0 Å². The van der Waals surface area contributed by atoms with Gasteiger partial charge in [-0.05, 0) is 18.6 Å². The number of carbonyl (C=O) groups excluding carboxylic acids is 2. The summed E-state index contributed by atoms with van der Waals surface area (Å²) in [4.78, 5) is 47.4. The molecule has 23 heavy (non-hydrogen) atoms. The number of hydrogen-bond donors (Lipinski definition) is 1. The van der Waals surface area contributed by atoms with Crippen molar-refractivity contribution in [3.8, 4) is 0 Å². The van der Waals surface area contributed by atoms with Gasteiger partial charge in [0.05, 0.1) is 18.1 Å². The van der Waals surface area contributed by atoms with Gasteiger partial charge in [0.15, 0.2) is 0 Å². The summed E-state index contributed by atoms with van der Waals surface area (Å²) in [5.41, 5.74) is -1.72. The maximum Gasteiger partial charge on any atom is 0.517 e. The molecule has 0 radical (unpaired) electrons. The van der Waals surface area contributed by atoms with Crippen LogP contribution in [0.25, 0.3) is 11.0 Å². The normalized spacial score (nSPS) is 10.5. The Morgan fingerprint density at radius 2 is 1.78 bits per heavy atom. The van der Waals surface area contributed by atoms with Gasteiger partial charge in [-0.3, -0.25) is 9.59 Å². The van der Waals surface area contributed by atoms with E-state index in [1.54, 1.807) is 12.1 Å². The summed E-state index contributed by atoms with van der Waals surface area (Å²) in [6, 6.07) is 6.15. The highest BCUT2D eigenvalue weighted by molar-refractivity contribution is 5.89. The van der Waals surface area contributed by atoms with Crippen molar-refractivity contribution in [2.75, 3.05) is 13.7 Å². The van der Waals surface area contributed by atoms with Crippen LogP contribution in [0, 0.1) is 0 Å². The molecule has 0 aliphatic heterocycles. The lowest BCUT2D eigenvalue weighted by atomic mass is 10.2. The number of nitrogens with zero attached hydrogens (tertiary/aromatic N) is 2. The fraction of sp³-hybridized carbons (Fsp3) is 0.286. The second-order valence-electron chi connectivity index (χ2n) is 4.49. The Balaban J connectivity index is 2.70. The molecular formula is C14H14N2O7. The number of rotatable bonds is 3. The minimum Gasteiger partial charge on any atom is -0.437 e. The topological polar surface area (TPSA) is 117 Å². The van der Waals surface area contributed by atoms with Crippen LogP contribution < -0.4 is 11.1 Å². The summed E-state index contributed by atoms with van der Waals surface area (Å²) < 4.78 is 10.2. The van der Waals surface area contributed by atoms with Crippen LogP contribution in [0.15, 0.2) is 33.9 Å². The summed E-state index contributed by atoms with van der Waals surface area (Å²) in [6.45, 7) is -0.0494. The average molecular weight is 322 g/mol. The quantitative estimate of drug-likeness (QED) is 0.490. The van der Waals surface area contributed by atoms with Crippen molar-refractivity contribution >= 4 is 23.3 Å². The Bertz CT molecular complexity index is 866. The first-order valence-corrected chi connectivity index (χ1v) is 6.66. The van der Waals surface area contributed by atoms with Crippen molar-refractivity contribution in [2.24, 2.45) is 0 Å². The lowest BCUT2D eigenvalue weighted by molar-refractivity contribution is 0.0926. The van der Waals surface area contributed by atoms with Gasteiger partial charge in [0.25, 0.3) is 0 Å². The molecule has 0 bridgehead atoms. The number of ether oxygens (including phenoxy) is 2. The molecule has 0 saturated carbocycles. The van der Waals surface area contributed by atoms with E-state index in [-0.39, 0.29) is 25.1 Å². The maximum atomic E-state index is 12.2. The molecule has 2 rings (SSSR count). The minimum atomic E-state index is -1.33. The molecule has 1 aromatic heterocycles. The molecular weight excluding hydrogens is 308 g/mol. The molecule has 2 aromatic rings. The number of hydrogen-bond acceptors (Lipinski definition) is 7. The first-order chi connectivity index (χ1) is 11.0. The van der Waals surface area contributed by atoms with Crippen LogP contribution in [0.4, 0.5) is 9.59 Å². The third-order valence-electron chi connectivity index (χ3n) is 3.10. The van der Waals surface area contributed by atoms with Gasteiger partial charge in [-0.1, -0.05) is 12.1 Å². The monoisotopic (exact) mass is 322 g/mol. The predicted octanol–water partition coefficient (Wildman–Crippen LogP) is 0.297. The van der Waals surface area contributed by atoms with Gasteiger partial charge in [-0.2, -0.15) is 0 Å². The number of aliphatic hydroxyl groups is 1. The summed E-state index contributed by atoms with van der Waals surface area (Å²) in [5, 5.41) is 8.90. The molecule has 0 atom stereocenters. The van der Waals surface area contributed by atoms with Crippen molar-refractivity contribution in [2.45, 2.75) is 13.0 Å². The highest BCUT2D eigenvalue weighted by Crippen LogP contribution is 2.11. The molecule has 0 aliphatic carbocycles. The number of benzene rings is 1. The summed E-state index contributed by atoms with van der Waals surface area (Å²) in [6.07, 6.45) is -2.36. The first kappa shape index (κ1) is 16.4. The fourth-order valence-electron chi connectivity index (χ4n) is 2.10. The van der Waals surface area contributed by atoms with E-state index in [2.05, 4.69) is 9.47 Å². The molecule has 0 fully saturated rings. The molecule has 1 N–H and O–H groups in total. The predicted molar refractivity (Wildman–Crippen MR) is 78.5 cm³/mol. The van der Waals surface area contributed by atoms with Crippen molar-refractivity contribution in [1.29, 1.82) is 0 Å². The zero-order valence-corrected chi connectivity index (χ0v) is 12.2. The Hall–Kier alpha value is -2.94. The van der Waals surface area contributed by atoms with E-state index in [9.17, 15) is 19.2 Å². The molecule has 0 aliphatic rings. The number of fused-ring (bicyclic) bond motifs is 1. The molecule has 122 valence electrons. The van der Waals surface area contributed by atoms with E-state index >= 15 is 0 Å². The Labute approximate surface area is 129 Å². The number of para-hydroxylation sites is 2. The molecule has 1 aromatic carbocycles. The third kappa shape index (κ3) is 3.14. The Morgan fingerprint density at radius 1 is 1.13 bits per heavy atom. The number of aryl methyl sites for hydroxylation is 1. The maximum absolute atomic E-state index is 12.2. The van der Waals surface area contributed by atoms with Crippen molar-refractivity contribution in [3.63, 3.8) is 0 Å². The van der Waals surface area contributed by atoms with E-state index in [1.807, 2.05) is 0 Å². The van der Waals surface area contributed by atoms with E-state index in [0.29, 0.717) is 10.1 Å². The average Bonchev–Trinajstić information content (AvgIpc) is 2.55. The molecule has 1 heterocycles. The highest BCUT2D eigenvalue weighted by Gasteiger charge is 2.21. The van der Waals surface area contributed by atoms with Crippen LogP contribution in [-0.4, -0.2) is 40.2 Å². The van der Waals surface area contributed by atoms with Crippen LogP contribution in [-0.2, 0) is 16.0 Å². The lowest BCUT2D eigenvalue weighted by Crippen LogP contribution is -2.44. The van der Waals surface area contributed by atoms with Gasteiger partial charge in [0.1, 0.15) is 0 Å². The van der Waals surface area contributed by atoms with Gasteiger partial charge < -0.3 is 19.1 Å². The van der Waals surface area contributed by atoms with Crippen molar-refractivity contribution < 1.29 is 24.2 Å². The zero-order chi connectivity index (χ0) is 17.0. The standard InChI is InChI=1S/C14H14N2O7/c1-22-14(21)23-13(20)16-10-6-3-2-5-9(10)15(7-4-8-17)11(18)12(16)19/h2-3,5-6,17H,4,7-8H2,1H3. The van der Waals surface area contributed by atoms with Crippen LogP contribution in [0.1, 0.15) is 6.42 Å². The number of carbonyl (C=O) groups is 2. The molecule has 0 saturated heterocycles.